The van der Waals surface area contributed by atoms with Crippen molar-refractivity contribution in [3.05, 3.63) is 58.0 Å². The summed E-state index contributed by atoms with van der Waals surface area (Å²) < 4.78 is 5.79. The van der Waals surface area contributed by atoms with E-state index in [0.29, 0.717) is 16.0 Å². The Morgan fingerprint density at radius 3 is 2.62 bits per heavy atom. The van der Waals surface area contributed by atoms with Gasteiger partial charge < -0.3 is 15.0 Å². The van der Waals surface area contributed by atoms with E-state index in [1.165, 1.54) is 28.6 Å². The minimum absolute atomic E-state index is 0.0926. The van der Waals surface area contributed by atoms with Gasteiger partial charge in [-0.3, -0.25) is 4.79 Å². The number of aryl methyl sites for hydroxylation is 1. The third-order valence-electron chi connectivity index (χ3n) is 6.70. The van der Waals surface area contributed by atoms with Crippen molar-refractivity contribution in [3.8, 4) is 5.75 Å². The van der Waals surface area contributed by atoms with Crippen LogP contribution in [0.1, 0.15) is 70.1 Å². The number of nitrogens with one attached hydrogen (secondary N) is 1. The summed E-state index contributed by atoms with van der Waals surface area (Å²) in [4.78, 5) is 20.5. The Kier molecular flexibility index (Phi) is 7.08. The highest BCUT2D eigenvalue weighted by molar-refractivity contribution is 8.18. The lowest BCUT2D eigenvalue weighted by molar-refractivity contribution is -0.115. The number of anilines is 1. The molecule has 1 fully saturated rings. The van der Waals surface area contributed by atoms with Gasteiger partial charge >= 0.3 is 0 Å². The van der Waals surface area contributed by atoms with Gasteiger partial charge in [-0.15, -0.1) is 0 Å². The number of amides is 1. The zero-order valence-corrected chi connectivity index (χ0v) is 21.9. The first-order valence-corrected chi connectivity index (χ1v) is 13.0. The number of ether oxygens (including phenoxy) is 1. The zero-order valence-electron chi connectivity index (χ0n) is 21.1. The molecule has 0 spiro atoms. The highest BCUT2D eigenvalue weighted by Gasteiger charge is 2.36. The summed E-state index contributed by atoms with van der Waals surface area (Å²) >= 11 is 1.37. The number of benzene rings is 2. The average Bonchev–Trinajstić information content (AvgIpc) is 3.15. The number of hydrogen-bond acceptors (Lipinski definition) is 5. The monoisotopic (exact) mass is 477 g/mol. The van der Waals surface area contributed by atoms with Crippen LogP contribution in [0.5, 0.6) is 5.75 Å². The lowest BCUT2D eigenvalue weighted by atomic mass is 9.79. The fourth-order valence-corrected chi connectivity index (χ4v) is 5.84. The normalized spacial score (nSPS) is 21.6. The molecular weight excluding hydrogens is 442 g/mol. The van der Waals surface area contributed by atoms with Crippen LogP contribution in [0.2, 0.25) is 0 Å². The molecule has 2 aliphatic heterocycles. The highest BCUT2D eigenvalue weighted by Crippen LogP contribution is 2.46. The Hall–Kier alpha value is -2.73. The van der Waals surface area contributed by atoms with Gasteiger partial charge in [0.2, 0.25) is 0 Å². The predicted molar refractivity (Wildman–Crippen MR) is 144 cm³/mol. The molecule has 2 aromatic carbocycles. The zero-order chi connectivity index (χ0) is 24.5. The summed E-state index contributed by atoms with van der Waals surface area (Å²) in [6.07, 6.45) is 5.10. The molecule has 1 saturated heterocycles. The molecule has 0 saturated carbocycles. The number of nitrogens with zero attached hydrogens (tertiary/aromatic N) is 2. The number of methoxy groups -OCH3 is 1. The molecule has 2 aromatic rings. The number of hydrogen-bond donors (Lipinski definition) is 1. The van der Waals surface area contributed by atoms with Crippen molar-refractivity contribution in [1.29, 1.82) is 0 Å². The lowest BCUT2D eigenvalue weighted by Gasteiger charge is -2.47. The molecule has 34 heavy (non-hydrogen) atoms. The van der Waals surface area contributed by atoms with Crippen LogP contribution in [0.25, 0.3) is 6.08 Å². The maximum Gasteiger partial charge on any atom is 0.264 e. The van der Waals surface area contributed by atoms with Gasteiger partial charge in [-0.2, -0.15) is 0 Å². The summed E-state index contributed by atoms with van der Waals surface area (Å²) in [5.74, 6) is 1.08. The maximum absolute atomic E-state index is 12.7. The van der Waals surface area contributed by atoms with Crippen molar-refractivity contribution < 1.29 is 9.53 Å². The Morgan fingerprint density at radius 2 is 1.97 bits per heavy atom. The van der Waals surface area contributed by atoms with E-state index in [1.807, 2.05) is 18.2 Å². The largest absolute Gasteiger partial charge is 0.496 e. The van der Waals surface area contributed by atoms with E-state index in [9.17, 15) is 4.79 Å². The number of aliphatic imine (C=N–C) groups is 1. The quantitative estimate of drug-likeness (QED) is 0.473. The minimum atomic E-state index is -0.129. The molecule has 6 heteroatoms. The Morgan fingerprint density at radius 1 is 1.24 bits per heavy atom. The summed E-state index contributed by atoms with van der Waals surface area (Å²) in [6, 6.07) is 12.5. The summed E-state index contributed by atoms with van der Waals surface area (Å²) in [5.41, 5.74) is 5.67. The molecule has 1 atom stereocenters. The topological polar surface area (TPSA) is 53.9 Å². The van der Waals surface area contributed by atoms with Crippen LogP contribution in [0, 0.1) is 0 Å². The van der Waals surface area contributed by atoms with Crippen LogP contribution in [-0.2, 0) is 11.2 Å². The van der Waals surface area contributed by atoms with E-state index in [1.54, 1.807) is 7.11 Å². The van der Waals surface area contributed by atoms with Gasteiger partial charge in [0.25, 0.3) is 5.91 Å². The highest BCUT2D eigenvalue weighted by atomic mass is 32.2. The first-order chi connectivity index (χ1) is 16.2. The first-order valence-electron chi connectivity index (χ1n) is 12.1. The smallest absolute Gasteiger partial charge is 0.264 e. The lowest BCUT2D eigenvalue weighted by Crippen LogP contribution is -2.48. The Labute approximate surface area is 207 Å². The third-order valence-corrected chi connectivity index (χ3v) is 7.61. The van der Waals surface area contributed by atoms with E-state index in [4.69, 9.17) is 4.74 Å². The fourth-order valence-electron chi connectivity index (χ4n) is 5.01. The first kappa shape index (κ1) is 24.4. The number of rotatable bonds is 6. The number of thioether (sulfide) groups is 1. The SMILES string of the molecule is CCCN1c2cc(OC)c(/C=C3/SC(=Nc4ccc(CC)cc4)NC3=O)cc2C(C)CC1(C)C. The van der Waals surface area contributed by atoms with Crippen molar-refractivity contribution >= 4 is 40.3 Å². The molecule has 5 nitrogen and oxygen atoms in total. The minimum Gasteiger partial charge on any atom is -0.496 e. The molecular formula is C28H35N3O2S. The second kappa shape index (κ2) is 9.87. The van der Waals surface area contributed by atoms with E-state index in [0.717, 1.165) is 42.8 Å². The van der Waals surface area contributed by atoms with Gasteiger partial charge in [0.05, 0.1) is 17.7 Å². The maximum atomic E-state index is 12.7. The molecule has 0 aliphatic carbocycles. The summed E-state index contributed by atoms with van der Waals surface area (Å²) in [5, 5.41) is 3.50. The van der Waals surface area contributed by atoms with Crippen molar-refractivity contribution in [1.82, 2.24) is 5.32 Å². The summed E-state index contributed by atoms with van der Waals surface area (Å²) in [7, 11) is 1.69. The Bertz CT molecular complexity index is 1140. The van der Waals surface area contributed by atoms with Gasteiger partial charge in [0.15, 0.2) is 5.17 Å². The molecule has 2 aliphatic rings. The number of carbonyl (C=O) groups excluding carboxylic acids is 1. The fraction of sp³-hybridized carbons (Fsp3) is 0.429. The second-order valence-corrected chi connectivity index (χ2v) is 10.8. The molecule has 4 rings (SSSR count). The van der Waals surface area contributed by atoms with E-state index in [2.05, 4.69) is 74.1 Å². The average molecular weight is 478 g/mol. The van der Waals surface area contributed by atoms with Crippen molar-refractivity contribution in [2.75, 3.05) is 18.6 Å². The third kappa shape index (κ3) is 4.88. The predicted octanol–water partition coefficient (Wildman–Crippen LogP) is 6.65. The Balaban J connectivity index is 1.67. The molecule has 2 heterocycles. The molecule has 0 aromatic heterocycles. The number of carbonyl (C=O) groups is 1. The standard InChI is InChI=1S/C28H35N3O2S/c1-7-13-31-23-16-24(33-6)20(14-22(23)18(3)17-28(31,4)5)15-25-26(32)30-27(34-25)29-21-11-9-19(8-2)10-12-21/h9-12,14-16,18H,7-8,13,17H2,1-6H3,(H,29,30,32)/b25-15+. The van der Waals surface area contributed by atoms with Crippen LogP contribution < -0.4 is 15.0 Å². The van der Waals surface area contributed by atoms with Gasteiger partial charge in [0, 0.05) is 29.4 Å². The summed E-state index contributed by atoms with van der Waals surface area (Å²) in [6.45, 7) is 12.3. The van der Waals surface area contributed by atoms with Gasteiger partial charge in [-0.05, 0) is 86.2 Å². The van der Waals surface area contributed by atoms with Gasteiger partial charge in [-0.1, -0.05) is 32.9 Å². The van der Waals surface area contributed by atoms with E-state index >= 15 is 0 Å². The van der Waals surface area contributed by atoms with E-state index < -0.39 is 0 Å². The molecule has 0 radical (unpaired) electrons. The van der Waals surface area contributed by atoms with Crippen LogP contribution >= 0.6 is 11.8 Å². The second-order valence-electron chi connectivity index (χ2n) is 9.72. The van der Waals surface area contributed by atoms with Crippen LogP contribution in [0.3, 0.4) is 0 Å². The van der Waals surface area contributed by atoms with Gasteiger partial charge in [0.1, 0.15) is 5.75 Å². The molecule has 180 valence electrons. The molecule has 1 amide bonds. The van der Waals surface area contributed by atoms with Crippen molar-refractivity contribution in [2.45, 2.75) is 65.3 Å². The van der Waals surface area contributed by atoms with Crippen LogP contribution in [0.4, 0.5) is 11.4 Å². The molecule has 0 bridgehead atoms. The van der Waals surface area contributed by atoms with Crippen molar-refractivity contribution in [3.63, 3.8) is 0 Å². The van der Waals surface area contributed by atoms with Crippen LogP contribution in [0.15, 0.2) is 46.3 Å². The van der Waals surface area contributed by atoms with E-state index in [-0.39, 0.29) is 11.4 Å². The molecule has 1 N–H and O–H groups in total. The van der Waals surface area contributed by atoms with Gasteiger partial charge in [-0.25, -0.2) is 4.99 Å². The van der Waals surface area contributed by atoms with Crippen molar-refractivity contribution in [2.24, 2.45) is 4.99 Å². The van der Waals surface area contributed by atoms with Crippen LogP contribution in [-0.4, -0.2) is 30.3 Å². The number of fused-ring (bicyclic) bond motifs is 1. The molecule has 1 unspecified atom stereocenters. The number of amidine groups is 1.